The summed E-state index contributed by atoms with van der Waals surface area (Å²) in [6.45, 7) is 4.88. The second-order valence-corrected chi connectivity index (χ2v) is 7.31. The van der Waals surface area contributed by atoms with Gasteiger partial charge in [-0.1, -0.05) is 18.2 Å². The summed E-state index contributed by atoms with van der Waals surface area (Å²) in [5, 5.41) is 6.49. The van der Waals surface area contributed by atoms with Crippen molar-refractivity contribution in [3.63, 3.8) is 0 Å². The Labute approximate surface area is 161 Å². The smallest absolute Gasteiger partial charge is 0.221 e. The molecule has 1 saturated heterocycles. The molecule has 3 rings (SSSR count). The van der Waals surface area contributed by atoms with Crippen molar-refractivity contribution in [3.05, 3.63) is 29.8 Å². The number of halogens is 2. The maximum atomic E-state index is 12.0. The zero-order valence-electron chi connectivity index (χ0n) is 14.0. The third-order valence-electron chi connectivity index (χ3n) is 4.45. The zero-order chi connectivity index (χ0) is 15.4. The molecule has 2 aliphatic rings. The molecule has 1 amide bonds. The molecule has 0 saturated carbocycles. The molecule has 2 heterocycles. The Morgan fingerprint density at radius 1 is 1.38 bits per heavy atom. The minimum atomic E-state index is 0. The van der Waals surface area contributed by atoms with Crippen molar-refractivity contribution >= 4 is 48.2 Å². The first-order chi connectivity index (χ1) is 10.7. The Morgan fingerprint density at radius 3 is 2.92 bits per heavy atom. The highest BCUT2D eigenvalue weighted by molar-refractivity contribution is 7.99. The normalized spacial score (nSPS) is 22.1. The van der Waals surface area contributed by atoms with E-state index in [1.54, 1.807) is 0 Å². The fourth-order valence-electron chi connectivity index (χ4n) is 3.33. The number of amides is 1. The molecular weight excluding hydrogens is 365 g/mol. The highest BCUT2D eigenvalue weighted by Crippen LogP contribution is 2.31. The summed E-state index contributed by atoms with van der Waals surface area (Å²) in [5.41, 5.74) is 2.75. The van der Waals surface area contributed by atoms with E-state index >= 15 is 0 Å². The predicted molar refractivity (Wildman–Crippen MR) is 108 cm³/mol. The summed E-state index contributed by atoms with van der Waals surface area (Å²) in [6.07, 6.45) is 1.70. The molecule has 1 aromatic rings. The van der Waals surface area contributed by atoms with Crippen LogP contribution >= 0.6 is 36.6 Å². The average molecular weight is 392 g/mol. The SMILES string of the molecule is CC1Cc2ccccc2N1CCNC(=O)CC1CSCCN1.Cl.Cl. The Bertz CT molecular complexity index is 526. The Morgan fingerprint density at radius 2 is 2.17 bits per heavy atom. The number of thioether (sulfide) groups is 1. The number of nitrogens with zero attached hydrogens (tertiary/aromatic N) is 1. The van der Waals surface area contributed by atoms with E-state index in [2.05, 4.69) is 46.7 Å². The fourth-order valence-corrected chi connectivity index (χ4v) is 4.28. The number of carbonyl (C=O) groups is 1. The van der Waals surface area contributed by atoms with Crippen LogP contribution in [-0.4, -0.2) is 49.1 Å². The molecule has 0 aliphatic carbocycles. The zero-order valence-corrected chi connectivity index (χ0v) is 16.4. The molecule has 0 bridgehead atoms. The molecule has 1 fully saturated rings. The van der Waals surface area contributed by atoms with Crippen LogP contribution in [0.1, 0.15) is 18.9 Å². The summed E-state index contributed by atoms with van der Waals surface area (Å²) in [6, 6.07) is 9.44. The summed E-state index contributed by atoms with van der Waals surface area (Å²) in [7, 11) is 0. The molecule has 4 nitrogen and oxygen atoms in total. The number of para-hydroxylation sites is 1. The van der Waals surface area contributed by atoms with Crippen LogP contribution in [0.4, 0.5) is 5.69 Å². The standard InChI is InChI=1S/C17H25N3OS.2ClH/c1-13-10-14-4-2-3-5-16(14)20(13)8-6-19-17(21)11-15-12-22-9-7-18-15;;/h2-5,13,15,18H,6-12H2,1H3,(H,19,21);2*1H. The van der Waals surface area contributed by atoms with Crippen molar-refractivity contribution in [2.75, 3.05) is 36.0 Å². The van der Waals surface area contributed by atoms with Crippen molar-refractivity contribution in [1.82, 2.24) is 10.6 Å². The summed E-state index contributed by atoms with van der Waals surface area (Å²) in [4.78, 5) is 14.4. The lowest BCUT2D eigenvalue weighted by Crippen LogP contribution is -2.43. The van der Waals surface area contributed by atoms with Gasteiger partial charge in [0.15, 0.2) is 0 Å². The van der Waals surface area contributed by atoms with Gasteiger partial charge in [0, 0.05) is 55.3 Å². The number of fused-ring (bicyclic) bond motifs is 1. The van der Waals surface area contributed by atoms with Crippen molar-refractivity contribution in [3.8, 4) is 0 Å². The van der Waals surface area contributed by atoms with Crippen LogP contribution in [0.2, 0.25) is 0 Å². The molecule has 0 aromatic heterocycles. The molecule has 2 N–H and O–H groups in total. The lowest BCUT2D eigenvalue weighted by molar-refractivity contribution is -0.121. The van der Waals surface area contributed by atoms with E-state index in [-0.39, 0.29) is 30.7 Å². The quantitative estimate of drug-likeness (QED) is 0.808. The van der Waals surface area contributed by atoms with Gasteiger partial charge in [0.25, 0.3) is 0 Å². The van der Waals surface area contributed by atoms with Crippen LogP contribution in [0.15, 0.2) is 24.3 Å². The fraction of sp³-hybridized carbons (Fsp3) is 0.588. The van der Waals surface area contributed by atoms with E-state index in [1.165, 1.54) is 11.3 Å². The average Bonchev–Trinajstić information content (AvgIpc) is 2.84. The van der Waals surface area contributed by atoms with E-state index in [1.807, 2.05) is 11.8 Å². The van der Waals surface area contributed by atoms with Gasteiger partial charge in [-0.3, -0.25) is 4.79 Å². The topological polar surface area (TPSA) is 44.4 Å². The van der Waals surface area contributed by atoms with Crippen LogP contribution in [0.25, 0.3) is 0 Å². The van der Waals surface area contributed by atoms with Gasteiger partial charge < -0.3 is 15.5 Å². The van der Waals surface area contributed by atoms with E-state index < -0.39 is 0 Å². The van der Waals surface area contributed by atoms with Crippen LogP contribution in [0.3, 0.4) is 0 Å². The second kappa shape index (κ2) is 10.4. The molecule has 1 aromatic carbocycles. The van der Waals surface area contributed by atoms with Crippen LogP contribution in [-0.2, 0) is 11.2 Å². The third kappa shape index (κ3) is 5.45. The molecule has 7 heteroatoms. The van der Waals surface area contributed by atoms with Crippen LogP contribution in [0, 0.1) is 0 Å². The first-order valence-electron chi connectivity index (χ1n) is 8.16. The molecular formula is C17H27Cl2N3OS. The first kappa shape index (κ1) is 21.4. The molecule has 2 aliphatic heterocycles. The third-order valence-corrected chi connectivity index (χ3v) is 5.58. The van der Waals surface area contributed by atoms with Gasteiger partial charge in [-0.15, -0.1) is 24.8 Å². The summed E-state index contributed by atoms with van der Waals surface area (Å²) >= 11 is 1.93. The van der Waals surface area contributed by atoms with Crippen molar-refractivity contribution in [2.24, 2.45) is 0 Å². The Hall–Kier alpha value is -0.620. The van der Waals surface area contributed by atoms with Gasteiger partial charge in [-0.25, -0.2) is 0 Å². The van der Waals surface area contributed by atoms with Gasteiger partial charge in [0.1, 0.15) is 0 Å². The second-order valence-electron chi connectivity index (χ2n) is 6.16. The highest BCUT2D eigenvalue weighted by Gasteiger charge is 2.25. The lowest BCUT2D eigenvalue weighted by atomic mass is 10.1. The molecule has 2 unspecified atom stereocenters. The predicted octanol–water partition coefficient (Wildman–Crippen LogP) is 2.49. The number of hydrogen-bond donors (Lipinski definition) is 2. The number of carbonyl (C=O) groups excluding carboxylic acids is 1. The van der Waals surface area contributed by atoms with Gasteiger partial charge in [0.05, 0.1) is 0 Å². The molecule has 24 heavy (non-hydrogen) atoms. The van der Waals surface area contributed by atoms with Crippen molar-refractivity contribution in [1.29, 1.82) is 0 Å². The van der Waals surface area contributed by atoms with E-state index in [0.29, 0.717) is 18.5 Å². The van der Waals surface area contributed by atoms with E-state index in [9.17, 15) is 4.79 Å². The van der Waals surface area contributed by atoms with E-state index in [4.69, 9.17) is 0 Å². The van der Waals surface area contributed by atoms with E-state index in [0.717, 1.165) is 37.6 Å². The number of benzene rings is 1. The van der Waals surface area contributed by atoms with Gasteiger partial charge in [-0.2, -0.15) is 11.8 Å². The maximum Gasteiger partial charge on any atom is 0.221 e. The number of anilines is 1. The number of nitrogens with one attached hydrogen (secondary N) is 2. The molecule has 0 radical (unpaired) electrons. The van der Waals surface area contributed by atoms with Gasteiger partial charge in [0.2, 0.25) is 5.91 Å². The number of rotatable bonds is 5. The molecule has 2 atom stereocenters. The minimum Gasteiger partial charge on any atom is -0.367 e. The maximum absolute atomic E-state index is 12.0. The van der Waals surface area contributed by atoms with Crippen molar-refractivity contribution < 1.29 is 4.79 Å². The Balaban J connectivity index is 0.00000144. The first-order valence-corrected chi connectivity index (χ1v) is 9.32. The Kier molecular flexibility index (Phi) is 9.27. The van der Waals surface area contributed by atoms with Gasteiger partial charge >= 0.3 is 0 Å². The highest BCUT2D eigenvalue weighted by atomic mass is 35.5. The van der Waals surface area contributed by atoms with Crippen LogP contribution in [0.5, 0.6) is 0 Å². The number of hydrogen-bond acceptors (Lipinski definition) is 4. The largest absolute Gasteiger partial charge is 0.367 e. The van der Waals surface area contributed by atoms with Crippen molar-refractivity contribution in [2.45, 2.75) is 31.8 Å². The summed E-state index contributed by atoms with van der Waals surface area (Å²) < 4.78 is 0. The minimum absolute atomic E-state index is 0. The van der Waals surface area contributed by atoms with Gasteiger partial charge in [-0.05, 0) is 25.0 Å². The monoisotopic (exact) mass is 391 g/mol. The lowest BCUT2D eigenvalue weighted by Gasteiger charge is -2.26. The molecule has 136 valence electrons. The molecule has 0 spiro atoms. The van der Waals surface area contributed by atoms with Crippen LogP contribution < -0.4 is 15.5 Å². The summed E-state index contributed by atoms with van der Waals surface area (Å²) in [5.74, 6) is 2.37.